The van der Waals surface area contributed by atoms with Crippen LogP contribution in [0, 0.1) is 20.2 Å². The van der Waals surface area contributed by atoms with E-state index in [4.69, 9.17) is 0 Å². The van der Waals surface area contributed by atoms with Crippen molar-refractivity contribution < 1.29 is 23.0 Å². The molecule has 0 fully saturated rings. The first kappa shape index (κ1) is 18.1. The summed E-state index contributed by atoms with van der Waals surface area (Å²) in [7, 11) is 0. The molecule has 1 aliphatic rings. The van der Waals surface area contributed by atoms with Crippen LogP contribution in [0.4, 0.5) is 13.2 Å². The number of hydrogen-bond donors (Lipinski definition) is 0. The van der Waals surface area contributed by atoms with Crippen molar-refractivity contribution in [2.24, 2.45) is 0 Å². The zero-order valence-corrected chi connectivity index (χ0v) is 12.2. The highest BCUT2D eigenvalue weighted by atomic mass is 19.4. The minimum Gasteiger partial charge on any atom is -0.264 e. The molecule has 0 radical (unpaired) electrons. The van der Waals surface area contributed by atoms with Gasteiger partial charge in [0, 0.05) is 29.7 Å². The summed E-state index contributed by atoms with van der Waals surface area (Å²) in [6, 6.07) is -2.60. The normalized spacial score (nSPS) is 25.5. The van der Waals surface area contributed by atoms with E-state index >= 15 is 0 Å². The zero-order valence-electron chi connectivity index (χ0n) is 12.2. The van der Waals surface area contributed by atoms with Gasteiger partial charge in [-0.1, -0.05) is 6.92 Å². The van der Waals surface area contributed by atoms with Crippen molar-refractivity contribution in [3.8, 4) is 0 Å². The molecule has 0 aromatic rings. The van der Waals surface area contributed by atoms with E-state index in [1.54, 1.807) is 20.8 Å². The number of alkyl halides is 3. The standard InChI is InChI=1S/C12H16F3N3O4/c1-4-16(8(2)3)11(18(21)22)6-5-9(12(13,14)15)7-10(11)17(19)20/h5-8,10H,4H2,1-3H3. The molecule has 0 aliphatic heterocycles. The molecule has 0 saturated heterocycles. The lowest BCUT2D eigenvalue weighted by Crippen LogP contribution is -2.65. The van der Waals surface area contributed by atoms with Crippen LogP contribution in [-0.4, -0.2) is 45.2 Å². The Labute approximate surface area is 124 Å². The first-order chi connectivity index (χ1) is 9.98. The SMILES string of the molecule is CCN(C(C)C)C1([N+](=O)[O-])C=CC(C(F)(F)F)=CC1[N+](=O)[O-]. The highest BCUT2D eigenvalue weighted by Crippen LogP contribution is 2.37. The monoisotopic (exact) mass is 323 g/mol. The lowest BCUT2D eigenvalue weighted by Gasteiger charge is -2.38. The van der Waals surface area contributed by atoms with Crippen LogP contribution >= 0.6 is 0 Å². The Morgan fingerprint density at radius 1 is 1.36 bits per heavy atom. The number of hydrogen-bond acceptors (Lipinski definition) is 5. The molecule has 10 heteroatoms. The number of halogens is 3. The third-order valence-electron chi connectivity index (χ3n) is 3.55. The molecule has 0 N–H and O–H groups in total. The summed E-state index contributed by atoms with van der Waals surface area (Å²) in [6.45, 7) is 4.80. The van der Waals surface area contributed by atoms with Crippen LogP contribution in [0.1, 0.15) is 20.8 Å². The largest absolute Gasteiger partial charge is 0.416 e. The van der Waals surface area contributed by atoms with Gasteiger partial charge in [-0.3, -0.25) is 20.2 Å². The Balaban J connectivity index is 3.53. The van der Waals surface area contributed by atoms with Crippen molar-refractivity contribution in [3.05, 3.63) is 44.0 Å². The fourth-order valence-electron chi connectivity index (χ4n) is 2.64. The van der Waals surface area contributed by atoms with E-state index in [0.717, 1.165) is 0 Å². The van der Waals surface area contributed by atoms with Crippen molar-refractivity contribution in [3.63, 3.8) is 0 Å². The smallest absolute Gasteiger partial charge is 0.264 e. The third-order valence-corrected chi connectivity index (χ3v) is 3.55. The molecule has 1 rings (SSSR count). The maximum atomic E-state index is 12.7. The molecule has 0 heterocycles. The number of nitro groups is 2. The van der Waals surface area contributed by atoms with Gasteiger partial charge in [0.05, 0.1) is 10.5 Å². The molecule has 0 spiro atoms. The summed E-state index contributed by atoms with van der Waals surface area (Å²) in [5.74, 6) is 0. The van der Waals surface area contributed by atoms with Gasteiger partial charge in [-0.2, -0.15) is 13.2 Å². The van der Waals surface area contributed by atoms with E-state index in [0.29, 0.717) is 18.2 Å². The first-order valence-electron chi connectivity index (χ1n) is 6.51. The van der Waals surface area contributed by atoms with Gasteiger partial charge >= 0.3 is 17.9 Å². The molecule has 124 valence electrons. The van der Waals surface area contributed by atoms with E-state index in [1.807, 2.05) is 0 Å². The predicted molar refractivity (Wildman–Crippen MR) is 71.3 cm³/mol. The van der Waals surface area contributed by atoms with Gasteiger partial charge in [-0.15, -0.1) is 0 Å². The molecule has 2 atom stereocenters. The van der Waals surface area contributed by atoms with Crippen LogP contribution in [0.2, 0.25) is 0 Å². The Bertz CT molecular complexity index is 530. The lowest BCUT2D eigenvalue weighted by molar-refractivity contribution is -0.659. The Morgan fingerprint density at radius 2 is 1.91 bits per heavy atom. The molecule has 22 heavy (non-hydrogen) atoms. The van der Waals surface area contributed by atoms with Crippen molar-refractivity contribution in [1.82, 2.24) is 4.90 Å². The first-order valence-corrected chi connectivity index (χ1v) is 6.51. The molecule has 1 aliphatic carbocycles. The summed E-state index contributed by atoms with van der Waals surface area (Å²) in [4.78, 5) is 22.0. The molecule has 2 unspecified atom stereocenters. The second-order valence-corrected chi connectivity index (χ2v) is 5.10. The van der Waals surface area contributed by atoms with Gasteiger partial charge in [-0.05, 0) is 19.9 Å². The van der Waals surface area contributed by atoms with Crippen LogP contribution in [0.15, 0.2) is 23.8 Å². The van der Waals surface area contributed by atoms with E-state index < -0.39 is 39.3 Å². The van der Waals surface area contributed by atoms with E-state index in [9.17, 15) is 33.4 Å². The molecular weight excluding hydrogens is 307 g/mol. The molecule has 0 bridgehead atoms. The minimum atomic E-state index is -4.80. The predicted octanol–water partition coefficient (Wildman–Crippen LogP) is 2.39. The van der Waals surface area contributed by atoms with Gasteiger partial charge in [0.1, 0.15) is 0 Å². The van der Waals surface area contributed by atoms with Crippen molar-refractivity contribution in [1.29, 1.82) is 0 Å². The maximum Gasteiger partial charge on any atom is 0.416 e. The van der Waals surface area contributed by atoms with Crippen LogP contribution in [0.5, 0.6) is 0 Å². The van der Waals surface area contributed by atoms with Crippen LogP contribution in [-0.2, 0) is 0 Å². The van der Waals surface area contributed by atoms with E-state index in [2.05, 4.69) is 0 Å². The van der Waals surface area contributed by atoms with E-state index in [-0.39, 0.29) is 6.54 Å². The molecule has 0 amide bonds. The van der Waals surface area contributed by atoms with Gasteiger partial charge in [-0.25, -0.2) is 4.90 Å². The quantitative estimate of drug-likeness (QED) is 0.440. The second-order valence-electron chi connectivity index (χ2n) is 5.10. The maximum absolute atomic E-state index is 12.7. The third kappa shape index (κ3) is 2.96. The number of likely N-dealkylation sites (N-methyl/N-ethyl adjacent to an activating group) is 1. The van der Waals surface area contributed by atoms with Gasteiger partial charge in [0.25, 0.3) is 0 Å². The minimum absolute atomic E-state index is 0.0719. The van der Waals surface area contributed by atoms with Crippen molar-refractivity contribution >= 4 is 0 Å². The number of nitrogens with zero attached hydrogens (tertiary/aromatic N) is 3. The van der Waals surface area contributed by atoms with Gasteiger partial charge in [0.2, 0.25) is 0 Å². The zero-order chi connectivity index (χ0) is 17.3. The van der Waals surface area contributed by atoms with Crippen LogP contribution in [0.3, 0.4) is 0 Å². The Kier molecular flexibility index (Phi) is 4.96. The fourth-order valence-corrected chi connectivity index (χ4v) is 2.64. The van der Waals surface area contributed by atoms with Crippen molar-refractivity contribution in [2.75, 3.05) is 6.54 Å². The van der Waals surface area contributed by atoms with Gasteiger partial charge in [0.15, 0.2) is 0 Å². The summed E-state index contributed by atoms with van der Waals surface area (Å²) < 4.78 is 38.2. The average molecular weight is 323 g/mol. The average Bonchev–Trinajstić information content (AvgIpc) is 2.37. The Morgan fingerprint density at radius 3 is 2.23 bits per heavy atom. The topological polar surface area (TPSA) is 89.5 Å². The fraction of sp³-hybridized carbons (Fsp3) is 0.667. The molecule has 0 saturated carbocycles. The highest BCUT2D eigenvalue weighted by Gasteiger charge is 2.62. The highest BCUT2D eigenvalue weighted by molar-refractivity contribution is 5.34. The van der Waals surface area contributed by atoms with Crippen LogP contribution < -0.4 is 0 Å². The Hall–Kier alpha value is -1.97. The number of rotatable bonds is 5. The second kappa shape index (κ2) is 6.03. The molecule has 0 aromatic carbocycles. The van der Waals surface area contributed by atoms with Gasteiger partial charge < -0.3 is 0 Å². The summed E-state index contributed by atoms with van der Waals surface area (Å²) >= 11 is 0. The summed E-state index contributed by atoms with van der Waals surface area (Å²) in [6.07, 6.45) is -3.28. The molecule has 7 nitrogen and oxygen atoms in total. The molecule has 0 aromatic heterocycles. The van der Waals surface area contributed by atoms with Crippen molar-refractivity contribution in [2.45, 2.75) is 44.7 Å². The van der Waals surface area contributed by atoms with E-state index in [1.165, 1.54) is 4.90 Å². The van der Waals surface area contributed by atoms with Crippen LogP contribution in [0.25, 0.3) is 0 Å². The molecular formula is C12H16F3N3O4. The summed E-state index contributed by atoms with van der Waals surface area (Å²) in [5, 5.41) is 22.8. The summed E-state index contributed by atoms with van der Waals surface area (Å²) in [5.41, 5.74) is -3.60. The number of allylic oxidation sites excluding steroid dienone is 2. The lowest BCUT2D eigenvalue weighted by atomic mass is 9.89.